The number of benzene rings is 1. The number of nitrogens with two attached hydrogens (primary N) is 1. The van der Waals surface area contributed by atoms with E-state index in [4.69, 9.17) is 11.0 Å². The number of anilines is 1. The minimum Gasteiger partial charge on any atom is -0.399 e. The van der Waals surface area contributed by atoms with Gasteiger partial charge < -0.3 is 5.73 Å². The molecule has 0 spiro atoms. The van der Waals surface area contributed by atoms with Gasteiger partial charge in [-0.15, -0.1) is 0 Å². The lowest BCUT2D eigenvalue weighted by atomic mass is 10.2. The smallest absolute Gasteiger partial charge is 0.141 e. The number of nitrogens with zero attached hydrogens (tertiary/aromatic N) is 2. The Kier molecular flexibility index (Phi) is 4.82. The molecule has 0 bridgehead atoms. The average molecular weight is 243 g/mol. The fourth-order valence-corrected chi connectivity index (χ4v) is 1.31. The second kappa shape index (κ2) is 6.36. The van der Waals surface area contributed by atoms with Crippen molar-refractivity contribution in [2.24, 2.45) is 0 Å². The van der Waals surface area contributed by atoms with E-state index in [9.17, 15) is 4.39 Å². The maximum Gasteiger partial charge on any atom is 0.141 e. The van der Waals surface area contributed by atoms with E-state index in [1.165, 1.54) is 18.2 Å². The fraction of sp³-hybridized carbons (Fsp3) is 0.143. The van der Waals surface area contributed by atoms with E-state index in [1.54, 1.807) is 6.07 Å². The highest BCUT2D eigenvalue weighted by molar-refractivity contribution is 5.45. The van der Waals surface area contributed by atoms with Crippen LogP contribution in [0.25, 0.3) is 0 Å². The van der Waals surface area contributed by atoms with Gasteiger partial charge >= 0.3 is 0 Å². The van der Waals surface area contributed by atoms with Crippen LogP contribution in [0, 0.1) is 31.0 Å². The first-order valence-electron chi connectivity index (χ1n) is 5.38. The van der Waals surface area contributed by atoms with Gasteiger partial charge in [-0.05, 0) is 44.2 Å². The van der Waals surface area contributed by atoms with Crippen LogP contribution in [-0.2, 0) is 0 Å². The Morgan fingerprint density at radius 3 is 2.17 bits per heavy atom. The van der Waals surface area contributed by atoms with Gasteiger partial charge in [0.05, 0.1) is 5.56 Å². The van der Waals surface area contributed by atoms with Gasteiger partial charge in [0.2, 0.25) is 0 Å². The first-order valence-corrected chi connectivity index (χ1v) is 5.38. The van der Waals surface area contributed by atoms with Crippen LogP contribution in [0.4, 0.5) is 10.1 Å². The molecule has 0 radical (unpaired) electrons. The van der Waals surface area contributed by atoms with E-state index in [1.807, 2.05) is 32.0 Å². The Bertz CT molecular complexity index is 556. The highest BCUT2D eigenvalue weighted by atomic mass is 19.1. The zero-order valence-corrected chi connectivity index (χ0v) is 10.3. The van der Waals surface area contributed by atoms with Crippen LogP contribution >= 0.6 is 0 Å². The molecule has 0 fully saturated rings. The molecule has 1 aromatic carbocycles. The molecule has 0 unspecified atom stereocenters. The summed E-state index contributed by atoms with van der Waals surface area (Å²) in [7, 11) is 0. The predicted molar refractivity (Wildman–Crippen MR) is 69.2 cm³/mol. The summed E-state index contributed by atoms with van der Waals surface area (Å²) in [6, 6.07) is 11.6. The Morgan fingerprint density at radius 2 is 1.78 bits per heavy atom. The molecule has 0 atom stereocenters. The van der Waals surface area contributed by atoms with Gasteiger partial charge in [-0.1, -0.05) is 6.07 Å². The van der Waals surface area contributed by atoms with E-state index in [-0.39, 0.29) is 5.56 Å². The quantitative estimate of drug-likeness (QED) is 0.723. The predicted octanol–water partition coefficient (Wildman–Crippen LogP) is 2.98. The lowest BCUT2D eigenvalue weighted by Crippen LogP contribution is -1.88. The van der Waals surface area contributed by atoms with Crippen LogP contribution in [0.5, 0.6) is 0 Å². The van der Waals surface area contributed by atoms with Crippen LogP contribution in [0.2, 0.25) is 0 Å². The zero-order valence-electron chi connectivity index (χ0n) is 10.3. The monoisotopic (exact) mass is 243 g/mol. The SMILES string of the molecule is Cc1cccc(C)n1.N#Cc1cc(N)ccc1F. The Labute approximate surface area is 106 Å². The van der Waals surface area contributed by atoms with Crippen molar-refractivity contribution >= 4 is 5.69 Å². The van der Waals surface area contributed by atoms with Crippen molar-refractivity contribution in [1.82, 2.24) is 4.98 Å². The molecule has 3 nitrogen and oxygen atoms in total. The number of nitriles is 1. The molecular formula is C14H14FN3. The van der Waals surface area contributed by atoms with E-state index in [0.717, 1.165) is 11.4 Å². The Hall–Kier alpha value is -2.41. The number of hydrogen-bond acceptors (Lipinski definition) is 3. The van der Waals surface area contributed by atoms with Crippen molar-refractivity contribution in [3.63, 3.8) is 0 Å². The van der Waals surface area contributed by atoms with Crippen molar-refractivity contribution < 1.29 is 4.39 Å². The maximum atomic E-state index is 12.5. The van der Waals surface area contributed by atoms with Gasteiger partial charge in [-0.25, -0.2) is 4.39 Å². The van der Waals surface area contributed by atoms with Gasteiger partial charge in [-0.3, -0.25) is 4.98 Å². The molecule has 1 aromatic heterocycles. The van der Waals surface area contributed by atoms with E-state index >= 15 is 0 Å². The Balaban J connectivity index is 0.000000184. The molecule has 0 aliphatic rings. The van der Waals surface area contributed by atoms with Gasteiger partial charge in [-0.2, -0.15) is 5.26 Å². The molecule has 2 aromatic rings. The highest BCUT2D eigenvalue weighted by Gasteiger charge is 1.98. The van der Waals surface area contributed by atoms with E-state index in [2.05, 4.69) is 4.98 Å². The van der Waals surface area contributed by atoms with Gasteiger partial charge in [0, 0.05) is 17.1 Å². The number of pyridine rings is 1. The molecule has 0 saturated carbocycles. The topological polar surface area (TPSA) is 62.7 Å². The molecule has 1 heterocycles. The normalized spacial score (nSPS) is 9.00. The summed E-state index contributed by atoms with van der Waals surface area (Å²) >= 11 is 0. The molecule has 0 amide bonds. The second-order valence-corrected chi connectivity index (χ2v) is 3.77. The summed E-state index contributed by atoms with van der Waals surface area (Å²) in [4.78, 5) is 4.17. The van der Waals surface area contributed by atoms with Crippen molar-refractivity contribution in [2.75, 3.05) is 5.73 Å². The summed E-state index contributed by atoms with van der Waals surface area (Å²) in [5, 5.41) is 8.30. The summed E-state index contributed by atoms with van der Waals surface area (Å²) in [6.07, 6.45) is 0. The number of hydrogen-bond donors (Lipinski definition) is 1. The van der Waals surface area contributed by atoms with Crippen LogP contribution in [-0.4, -0.2) is 4.98 Å². The first-order chi connectivity index (χ1) is 8.52. The summed E-state index contributed by atoms with van der Waals surface area (Å²) in [5.41, 5.74) is 7.85. The number of nitrogen functional groups attached to an aromatic ring is 1. The summed E-state index contributed by atoms with van der Waals surface area (Å²) in [5.74, 6) is -0.531. The standard InChI is InChI=1S/C7H5FN2.C7H9N/c8-7-2-1-6(10)3-5(7)4-9;1-6-4-3-5-7(2)8-6/h1-3H,10H2;3-5H,1-2H3. The van der Waals surface area contributed by atoms with Gasteiger partial charge in [0.25, 0.3) is 0 Å². The molecular weight excluding hydrogens is 229 g/mol. The van der Waals surface area contributed by atoms with Crippen LogP contribution in [0.3, 0.4) is 0 Å². The minimum atomic E-state index is -0.531. The molecule has 0 aliphatic heterocycles. The summed E-state index contributed by atoms with van der Waals surface area (Å²) in [6.45, 7) is 3.99. The maximum absolute atomic E-state index is 12.5. The lowest BCUT2D eigenvalue weighted by molar-refractivity contribution is 0.624. The molecule has 4 heteroatoms. The van der Waals surface area contributed by atoms with Crippen LogP contribution < -0.4 is 5.73 Å². The second-order valence-electron chi connectivity index (χ2n) is 3.77. The molecule has 18 heavy (non-hydrogen) atoms. The Morgan fingerprint density at radius 1 is 1.17 bits per heavy atom. The third kappa shape index (κ3) is 4.22. The first kappa shape index (κ1) is 13.7. The van der Waals surface area contributed by atoms with Crippen LogP contribution in [0.1, 0.15) is 17.0 Å². The number of aromatic nitrogens is 1. The van der Waals surface area contributed by atoms with Crippen molar-refractivity contribution in [3.8, 4) is 6.07 Å². The molecule has 92 valence electrons. The zero-order chi connectivity index (χ0) is 13.5. The number of rotatable bonds is 0. The van der Waals surface area contributed by atoms with E-state index in [0.29, 0.717) is 5.69 Å². The highest BCUT2D eigenvalue weighted by Crippen LogP contribution is 2.09. The van der Waals surface area contributed by atoms with Gasteiger partial charge in [0.15, 0.2) is 0 Å². The van der Waals surface area contributed by atoms with Crippen LogP contribution in [0.15, 0.2) is 36.4 Å². The van der Waals surface area contributed by atoms with Crippen molar-refractivity contribution in [3.05, 3.63) is 59.2 Å². The summed E-state index contributed by atoms with van der Waals surface area (Å²) < 4.78 is 12.5. The van der Waals surface area contributed by atoms with E-state index < -0.39 is 5.82 Å². The molecule has 0 saturated heterocycles. The largest absolute Gasteiger partial charge is 0.399 e. The van der Waals surface area contributed by atoms with Crippen molar-refractivity contribution in [2.45, 2.75) is 13.8 Å². The third-order valence-electron chi connectivity index (χ3n) is 2.14. The molecule has 2 N–H and O–H groups in total. The van der Waals surface area contributed by atoms with Gasteiger partial charge in [0.1, 0.15) is 11.9 Å². The fourth-order valence-electron chi connectivity index (χ4n) is 1.31. The average Bonchev–Trinajstić information content (AvgIpc) is 2.33. The lowest BCUT2D eigenvalue weighted by Gasteiger charge is -1.93. The number of aryl methyl sites for hydroxylation is 2. The third-order valence-corrected chi connectivity index (χ3v) is 2.14. The molecule has 0 aliphatic carbocycles. The molecule has 2 rings (SSSR count). The van der Waals surface area contributed by atoms with Crippen molar-refractivity contribution in [1.29, 1.82) is 5.26 Å². The number of halogens is 1. The minimum absolute atomic E-state index is 0.0139.